The van der Waals surface area contributed by atoms with Crippen molar-refractivity contribution < 1.29 is 20.4 Å². The van der Waals surface area contributed by atoms with Gasteiger partial charge in [0, 0.05) is 11.1 Å². The zero-order valence-corrected chi connectivity index (χ0v) is 10.3. The Balaban J connectivity index is 2.15. The molecule has 0 aliphatic carbocycles. The maximum absolute atomic E-state index is 9.50. The Labute approximate surface area is 114 Å². The summed E-state index contributed by atoms with van der Waals surface area (Å²) >= 11 is 0. The molecule has 0 bridgehead atoms. The molecule has 0 aliphatic heterocycles. The van der Waals surface area contributed by atoms with E-state index in [1.807, 2.05) is 0 Å². The normalized spacial score (nSPS) is 11.4. The van der Waals surface area contributed by atoms with Gasteiger partial charge in [0.15, 0.2) is 0 Å². The smallest absolute Gasteiger partial charge is 0.124 e. The summed E-state index contributed by atoms with van der Waals surface area (Å²) in [6.07, 6.45) is 2.51. The van der Waals surface area contributed by atoms with E-state index in [-0.39, 0.29) is 23.0 Å². The van der Waals surface area contributed by atoms with Gasteiger partial charge in [0.05, 0.1) is 12.4 Å². The van der Waals surface area contributed by atoms with E-state index in [0.29, 0.717) is 11.1 Å². The highest BCUT2D eigenvalue weighted by molar-refractivity contribution is 5.86. The second-order valence-electron chi connectivity index (χ2n) is 3.98. The van der Waals surface area contributed by atoms with Gasteiger partial charge in [-0.1, -0.05) is 0 Å². The number of nitrogens with zero attached hydrogens (tertiary/aromatic N) is 2. The Hall–Kier alpha value is -3.02. The van der Waals surface area contributed by atoms with Gasteiger partial charge in [0.25, 0.3) is 0 Å². The third kappa shape index (κ3) is 3.26. The standard InChI is InChI=1S/C14H12N2O4/c17-11-1-3-13(19)9(5-11)7-15-16-8-10-6-12(18)2-4-14(10)20/h1-8,17-20H. The zero-order chi connectivity index (χ0) is 14.5. The van der Waals surface area contributed by atoms with Crippen molar-refractivity contribution in [2.45, 2.75) is 0 Å². The highest BCUT2D eigenvalue weighted by atomic mass is 16.3. The molecule has 6 nitrogen and oxygen atoms in total. The molecule has 0 aliphatic rings. The van der Waals surface area contributed by atoms with Crippen LogP contribution >= 0.6 is 0 Å². The first-order valence-corrected chi connectivity index (χ1v) is 5.66. The lowest BCUT2D eigenvalue weighted by molar-refractivity contribution is 0.459. The molecule has 2 aromatic carbocycles. The highest BCUT2D eigenvalue weighted by Gasteiger charge is 2.00. The van der Waals surface area contributed by atoms with Crippen molar-refractivity contribution in [1.82, 2.24) is 0 Å². The minimum Gasteiger partial charge on any atom is -0.508 e. The second-order valence-corrected chi connectivity index (χ2v) is 3.98. The Kier molecular flexibility index (Phi) is 3.85. The van der Waals surface area contributed by atoms with Gasteiger partial charge in [0.2, 0.25) is 0 Å². The number of phenols is 4. The summed E-state index contributed by atoms with van der Waals surface area (Å²) in [5.74, 6) is -0.0818. The van der Waals surface area contributed by atoms with E-state index in [0.717, 1.165) is 0 Å². The van der Waals surface area contributed by atoms with Gasteiger partial charge in [-0.05, 0) is 36.4 Å². The number of hydrogen-bond donors (Lipinski definition) is 4. The largest absolute Gasteiger partial charge is 0.508 e. The van der Waals surface area contributed by atoms with E-state index in [1.54, 1.807) is 0 Å². The number of aromatic hydroxyl groups is 4. The number of hydrogen-bond acceptors (Lipinski definition) is 6. The molecule has 2 aromatic rings. The fourth-order valence-corrected chi connectivity index (χ4v) is 1.48. The molecule has 102 valence electrons. The van der Waals surface area contributed by atoms with Gasteiger partial charge in [-0.3, -0.25) is 0 Å². The van der Waals surface area contributed by atoms with Crippen molar-refractivity contribution in [1.29, 1.82) is 0 Å². The molecular formula is C14H12N2O4. The molecule has 0 amide bonds. The summed E-state index contributed by atoms with van der Waals surface area (Å²) in [4.78, 5) is 0. The average Bonchev–Trinajstić information content (AvgIpc) is 2.42. The Bertz CT molecular complexity index is 621. The predicted octanol–water partition coefficient (Wildman–Crippen LogP) is 1.96. The molecule has 20 heavy (non-hydrogen) atoms. The Morgan fingerprint density at radius 2 is 1.05 bits per heavy atom. The molecule has 0 saturated carbocycles. The Morgan fingerprint density at radius 1 is 0.650 bits per heavy atom. The summed E-state index contributed by atoms with van der Waals surface area (Å²) in [5, 5.41) is 44.9. The van der Waals surface area contributed by atoms with Crippen molar-refractivity contribution in [3.05, 3.63) is 47.5 Å². The van der Waals surface area contributed by atoms with E-state index in [9.17, 15) is 20.4 Å². The van der Waals surface area contributed by atoms with E-state index in [1.165, 1.54) is 48.8 Å². The third-order valence-electron chi connectivity index (χ3n) is 2.48. The van der Waals surface area contributed by atoms with Crippen LogP contribution in [0, 0.1) is 0 Å². The van der Waals surface area contributed by atoms with Crippen LogP contribution in [0.1, 0.15) is 11.1 Å². The van der Waals surface area contributed by atoms with Gasteiger partial charge < -0.3 is 20.4 Å². The van der Waals surface area contributed by atoms with Crippen LogP contribution in [-0.4, -0.2) is 32.9 Å². The maximum Gasteiger partial charge on any atom is 0.124 e. The van der Waals surface area contributed by atoms with Crippen LogP contribution in [0.25, 0.3) is 0 Å². The number of rotatable bonds is 3. The van der Waals surface area contributed by atoms with Crippen molar-refractivity contribution in [3.63, 3.8) is 0 Å². The van der Waals surface area contributed by atoms with Crippen LogP contribution in [-0.2, 0) is 0 Å². The molecule has 6 heteroatoms. The van der Waals surface area contributed by atoms with Crippen LogP contribution in [0.4, 0.5) is 0 Å². The molecule has 4 N–H and O–H groups in total. The number of phenolic OH excluding ortho intramolecular Hbond substituents is 4. The summed E-state index contributed by atoms with van der Waals surface area (Å²) in [6, 6.07) is 8.03. The lowest BCUT2D eigenvalue weighted by atomic mass is 10.2. The molecule has 0 unspecified atom stereocenters. The monoisotopic (exact) mass is 272 g/mol. The molecule has 0 heterocycles. The molecule has 0 atom stereocenters. The van der Waals surface area contributed by atoms with Crippen LogP contribution in [0.3, 0.4) is 0 Å². The summed E-state index contributed by atoms with van der Waals surface area (Å²) < 4.78 is 0. The zero-order valence-electron chi connectivity index (χ0n) is 10.3. The van der Waals surface area contributed by atoms with E-state index >= 15 is 0 Å². The van der Waals surface area contributed by atoms with Gasteiger partial charge in [0.1, 0.15) is 23.0 Å². The van der Waals surface area contributed by atoms with Crippen molar-refractivity contribution in [2.24, 2.45) is 10.2 Å². The number of benzene rings is 2. The van der Waals surface area contributed by atoms with Gasteiger partial charge >= 0.3 is 0 Å². The lowest BCUT2D eigenvalue weighted by Crippen LogP contribution is -1.83. The van der Waals surface area contributed by atoms with E-state index < -0.39 is 0 Å². The highest BCUT2D eigenvalue weighted by Crippen LogP contribution is 2.21. The average molecular weight is 272 g/mol. The first kappa shape index (κ1) is 13.4. The van der Waals surface area contributed by atoms with Gasteiger partial charge in [-0.25, -0.2) is 0 Å². The maximum atomic E-state index is 9.50. The topological polar surface area (TPSA) is 106 Å². The first-order chi connectivity index (χ1) is 9.56. The van der Waals surface area contributed by atoms with Gasteiger partial charge in [-0.2, -0.15) is 10.2 Å². The van der Waals surface area contributed by atoms with Crippen molar-refractivity contribution >= 4 is 12.4 Å². The molecule has 0 saturated heterocycles. The van der Waals surface area contributed by atoms with E-state index in [4.69, 9.17) is 0 Å². The molecule has 0 radical (unpaired) electrons. The van der Waals surface area contributed by atoms with Crippen LogP contribution < -0.4 is 0 Å². The predicted molar refractivity (Wildman–Crippen MR) is 74.7 cm³/mol. The third-order valence-corrected chi connectivity index (χ3v) is 2.48. The summed E-state index contributed by atoms with van der Waals surface area (Å²) in [7, 11) is 0. The van der Waals surface area contributed by atoms with Gasteiger partial charge in [-0.15, -0.1) is 0 Å². The summed E-state index contributed by atoms with van der Waals surface area (Å²) in [5.41, 5.74) is 0.615. The van der Waals surface area contributed by atoms with Crippen molar-refractivity contribution in [2.75, 3.05) is 0 Å². The van der Waals surface area contributed by atoms with E-state index in [2.05, 4.69) is 10.2 Å². The fraction of sp³-hybridized carbons (Fsp3) is 0. The molecule has 0 fully saturated rings. The first-order valence-electron chi connectivity index (χ1n) is 5.66. The van der Waals surface area contributed by atoms with Crippen LogP contribution in [0.2, 0.25) is 0 Å². The molecule has 2 rings (SSSR count). The quantitative estimate of drug-likeness (QED) is 0.389. The molecular weight excluding hydrogens is 260 g/mol. The minimum atomic E-state index is -0.0399. The fourth-order valence-electron chi connectivity index (χ4n) is 1.48. The second kappa shape index (κ2) is 5.75. The SMILES string of the molecule is Oc1ccc(O)c(C=NN=Cc2cc(O)ccc2O)c1. The summed E-state index contributed by atoms with van der Waals surface area (Å²) in [6.45, 7) is 0. The lowest BCUT2D eigenvalue weighted by Gasteiger charge is -1.98. The molecule has 0 spiro atoms. The molecule has 0 aromatic heterocycles. The van der Waals surface area contributed by atoms with Crippen LogP contribution in [0.5, 0.6) is 23.0 Å². The Morgan fingerprint density at radius 3 is 1.45 bits per heavy atom. The van der Waals surface area contributed by atoms with Crippen LogP contribution in [0.15, 0.2) is 46.6 Å². The minimum absolute atomic E-state index is 0.00106. The van der Waals surface area contributed by atoms with Crippen molar-refractivity contribution in [3.8, 4) is 23.0 Å².